The molecular weight excluding hydrogens is 348 g/mol. The largest absolute Gasteiger partial charge is 0.293 e. The zero-order valence-corrected chi connectivity index (χ0v) is 15.5. The van der Waals surface area contributed by atoms with Crippen LogP contribution in [-0.4, -0.2) is 5.78 Å². The van der Waals surface area contributed by atoms with Crippen molar-refractivity contribution in [3.05, 3.63) is 114 Å². The van der Waals surface area contributed by atoms with E-state index in [-0.39, 0.29) is 17.0 Å². The Morgan fingerprint density at radius 3 is 2.11 bits per heavy atom. The van der Waals surface area contributed by atoms with E-state index in [1.807, 2.05) is 24.3 Å². The van der Waals surface area contributed by atoms with E-state index in [1.165, 1.54) is 10.5 Å². The van der Waals surface area contributed by atoms with Crippen LogP contribution in [0.1, 0.15) is 32.7 Å². The van der Waals surface area contributed by atoms with Gasteiger partial charge in [0.2, 0.25) is 0 Å². The topological polar surface area (TPSA) is 17.1 Å². The van der Waals surface area contributed by atoms with Gasteiger partial charge < -0.3 is 0 Å². The summed E-state index contributed by atoms with van der Waals surface area (Å²) in [7, 11) is 0. The van der Waals surface area contributed by atoms with Crippen LogP contribution in [0.25, 0.3) is 10.8 Å². The minimum atomic E-state index is -0.168. The second-order valence-electron chi connectivity index (χ2n) is 6.86. The van der Waals surface area contributed by atoms with Crippen LogP contribution in [0.4, 0.5) is 0 Å². The Morgan fingerprint density at radius 1 is 0.704 bits per heavy atom. The fourth-order valence-electron chi connectivity index (χ4n) is 4.06. The number of hydrogen-bond donors (Lipinski definition) is 0. The molecule has 0 spiro atoms. The maximum atomic E-state index is 13.5. The molecule has 0 fully saturated rings. The average Bonchev–Trinajstić information content (AvgIpc) is 3.02. The van der Waals surface area contributed by atoms with Crippen molar-refractivity contribution in [3.63, 3.8) is 0 Å². The quantitative estimate of drug-likeness (QED) is 0.376. The lowest BCUT2D eigenvalue weighted by atomic mass is 9.91. The van der Waals surface area contributed by atoms with Crippen LogP contribution in [0.15, 0.2) is 102 Å². The molecule has 0 unspecified atom stereocenters. The molecular formula is C25H18OS. The Hall–Kier alpha value is -2.84. The second-order valence-corrected chi connectivity index (χ2v) is 8.07. The molecule has 2 atom stereocenters. The molecule has 0 radical (unpaired) electrons. The third kappa shape index (κ3) is 2.77. The first-order valence-electron chi connectivity index (χ1n) is 9.15. The maximum absolute atomic E-state index is 13.5. The third-order valence-electron chi connectivity index (χ3n) is 5.26. The Morgan fingerprint density at radius 2 is 1.37 bits per heavy atom. The van der Waals surface area contributed by atoms with Crippen LogP contribution >= 0.6 is 11.8 Å². The Bertz CT molecular complexity index is 1110. The summed E-state index contributed by atoms with van der Waals surface area (Å²) < 4.78 is 0. The number of carbonyl (C=O) groups excluding carboxylic acids is 1. The summed E-state index contributed by atoms with van der Waals surface area (Å²) in [6.07, 6.45) is 0. The summed E-state index contributed by atoms with van der Waals surface area (Å²) >= 11 is 1.78. The molecule has 27 heavy (non-hydrogen) atoms. The van der Waals surface area contributed by atoms with Crippen molar-refractivity contribution in [1.82, 2.24) is 0 Å². The molecule has 0 saturated heterocycles. The number of ketones is 1. The van der Waals surface area contributed by atoms with Gasteiger partial charge in [0.15, 0.2) is 5.78 Å². The first kappa shape index (κ1) is 16.3. The molecule has 0 amide bonds. The standard InChI is InChI=1S/C25H18OS/c26-24-21-16-8-12-17-11-7-15-20(22(17)21)23(24)25(18-9-3-1-4-10-18)27-19-13-5-2-6-14-19/h1-16,23,25H/t23-,25+/m0/s1. The molecule has 1 aliphatic rings. The van der Waals surface area contributed by atoms with E-state index in [0.29, 0.717) is 0 Å². The first-order chi connectivity index (χ1) is 13.3. The maximum Gasteiger partial charge on any atom is 0.172 e. The van der Waals surface area contributed by atoms with Gasteiger partial charge in [0.25, 0.3) is 0 Å². The zero-order chi connectivity index (χ0) is 18.2. The molecule has 0 aliphatic heterocycles. The Labute approximate surface area is 163 Å². The molecule has 0 bridgehead atoms. The van der Waals surface area contributed by atoms with Crippen LogP contribution in [0.3, 0.4) is 0 Å². The normalized spacial score (nSPS) is 16.6. The van der Waals surface area contributed by atoms with Crippen LogP contribution in [0, 0.1) is 0 Å². The SMILES string of the molecule is O=C1c2cccc3cccc(c23)[C@@H]1[C@H](Sc1ccccc1)c1ccccc1. The van der Waals surface area contributed by atoms with Crippen LogP contribution in [0.5, 0.6) is 0 Å². The van der Waals surface area contributed by atoms with Gasteiger partial charge in [-0.3, -0.25) is 4.79 Å². The zero-order valence-electron chi connectivity index (χ0n) is 14.7. The highest BCUT2D eigenvalue weighted by atomic mass is 32.2. The van der Waals surface area contributed by atoms with E-state index >= 15 is 0 Å². The third-order valence-corrected chi connectivity index (χ3v) is 6.60. The predicted molar refractivity (Wildman–Crippen MR) is 113 cm³/mol. The minimum absolute atomic E-state index is 0.0408. The Kier molecular flexibility index (Phi) is 4.06. The highest BCUT2D eigenvalue weighted by Gasteiger charge is 2.39. The lowest BCUT2D eigenvalue weighted by Crippen LogP contribution is -2.14. The number of hydrogen-bond acceptors (Lipinski definition) is 2. The van der Waals surface area contributed by atoms with E-state index < -0.39 is 0 Å². The van der Waals surface area contributed by atoms with E-state index in [9.17, 15) is 4.79 Å². The number of Topliss-reactive ketones (excluding diaryl/α,β-unsaturated/α-hetero) is 1. The molecule has 0 N–H and O–H groups in total. The van der Waals surface area contributed by atoms with Crippen molar-refractivity contribution in [1.29, 1.82) is 0 Å². The summed E-state index contributed by atoms with van der Waals surface area (Å²) in [6, 6.07) is 33.1. The molecule has 0 heterocycles. The van der Waals surface area contributed by atoms with Gasteiger partial charge in [-0.2, -0.15) is 0 Å². The first-order valence-corrected chi connectivity index (χ1v) is 10.0. The smallest absolute Gasteiger partial charge is 0.172 e. The molecule has 4 aromatic rings. The number of thioether (sulfide) groups is 1. The van der Waals surface area contributed by atoms with Crippen LogP contribution in [-0.2, 0) is 0 Å². The monoisotopic (exact) mass is 366 g/mol. The lowest BCUT2D eigenvalue weighted by Gasteiger charge is -2.24. The van der Waals surface area contributed by atoms with Gasteiger partial charge in [-0.25, -0.2) is 0 Å². The van der Waals surface area contributed by atoms with Crippen molar-refractivity contribution in [2.24, 2.45) is 0 Å². The molecule has 0 saturated carbocycles. The van der Waals surface area contributed by atoms with E-state index in [4.69, 9.17) is 0 Å². The van der Waals surface area contributed by atoms with Gasteiger partial charge in [0.05, 0.1) is 5.92 Å². The van der Waals surface area contributed by atoms with E-state index in [2.05, 4.69) is 72.8 Å². The number of benzene rings is 4. The summed E-state index contributed by atoms with van der Waals surface area (Å²) in [5.41, 5.74) is 3.21. The van der Waals surface area contributed by atoms with Crippen molar-refractivity contribution < 1.29 is 4.79 Å². The lowest BCUT2D eigenvalue weighted by molar-refractivity contribution is 0.0966. The predicted octanol–water partition coefficient (Wildman–Crippen LogP) is 6.65. The molecule has 1 nitrogen and oxygen atoms in total. The summed E-state index contributed by atoms with van der Waals surface area (Å²) in [5.74, 6) is 0.0674. The summed E-state index contributed by atoms with van der Waals surface area (Å²) in [5, 5.41) is 2.32. The summed E-state index contributed by atoms with van der Waals surface area (Å²) in [4.78, 5) is 14.7. The summed E-state index contributed by atoms with van der Waals surface area (Å²) in [6.45, 7) is 0. The number of carbonyl (C=O) groups is 1. The van der Waals surface area contributed by atoms with Gasteiger partial charge in [0.1, 0.15) is 0 Å². The van der Waals surface area contributed by atoms with Crippen molar-refractivity contribution in [2.45, 2.75) is 16.1 Å². The molecule has 0 aromatic heterocycles. The molecule has 2 heteroatoms. The van der Waals surface area contributed by atoms with Crippen LogP contribution < -0.4 is 0 Å². The highest BCUT2D eigenvalue weighted by Crippen LogP contribution is 2.51. The van der Waals surface area contributed by atoms with E-state index in [0.717, 1.165) is 21.9 Å². The fraction of sp³-hybridized carbons (Fsp3) is 0.0800. The second kappa shape index (κ2) is 6.71. The van der Waals surface area contributed by atoms with Gasteiger partial charge in [-0.05, 0) is 34.0 Å². The Balaban J connectivity index is 1.67. The molecule has 4 aromatic carbocycles. The van der Waals surface area contributed by atoms with E-state index in [1.54, 1.807) is 11.8 Å². The van der Waals surface area contributed by atoms with Crippen LogP contribution in [0.2, 0.25) is 0 Å². The van der Waals surface area contributed by atoms with Crippen molar-refractivity contribution in [3.8, 4) is 0 Å². The number of rotatable bonds is 4. The molecule has 5 rings (SSSR count). The molecule has 1 aliphatic carbocycles. The van der Waals surface area contributed by atoms with Crippen molar-refractivity contribution in [2.75, 3.05) is 0 Å². The minimum Gasteiger partial charge on any atom is -0.293 e. The average molecular weight is 366 g/mol. The van der Waals surface area contributed by atoms with Gasteiger partial charge in [0, 0.05) is 15.7 Å². The van der Waals surface area contributed by atoms with Gasteiger partial charge in [-0.1, -0.05) is 84.9 Å². The van der Waals surface area contributed by atoms with Gasteiger partial charge >= 0.3 is 0 Å². The fourth-order valence-corrected chi connectivity index (χ4v) is 5.37. The highest BCUT2D eigenvalue weighted by molar-refractivity contribution is 7.99. The van der Waals surface area contributed by atoms with Gasteiger partial charge in [-0.15, -0.1) is 11.8 Å². The molecule has 130 valence electrons. The van der Waals surface area contributed by atoms with Crippen molar-refractivity contribution >= 4 is 28.3 Å².